The number of nitrogens with zero attached hydrogens (tertiary/aromatic N) is 1. The van der Waals surface area contributed by atoms with E-state index in [2.05, 4.69) is 54.6 Å². The summed E-state index contributed by atoms with van der Waals surface area (Å²) in [6.45, 7) is 0. The molecule has 3 aromatic carbocycles. The lowest BCUT2D eigenvalue weighted by Gasteiger charge is -2.22. The molecule has 0 unspecified atom stereocenters. The minimum atomic E-state index is 0.285. The second-order valence-electron chi connectivity index (χ2n) is 8.88. The molecule has 3 nitrogen and oxygen atoms in total. The average molecular weight is 538 g/mol. The molecule has 0 bridgehead atoms. The molecule has 3 aromatic rings. The van der Waals surface area contributed by atoms with E-state index >= 15 is 0 Å². The van der Waals surface area contributed by atoms with E-state index in [1.165, 1.54) is 52.7 Å². The number of rotatable bonds is 11. The normalized spacial score (nSPS) is 14.7. The van der Waals surface area contributed by atoms with E-state index < -0.39 is 0 Å². The highest BCUT2D eigenvalue weighted by atomic mass is 32.2. The average Bonchev–Trinajstić information content (AvgIpc) is 2.93. The zero-order chi connectivity index (χ0) is 25.0. The molecule has 0 N–H and O–H groups in total. The van der Waals surface area contributed by atoms with E-state index in [0.717, 1.165) is 29.5 Å². The maximum atomic E-state index is 5.36. The molecule has 0 atom stereocenters. The third-order valence-electron chi connectivity index (χ3n) is 6.22. The van der Waals surface area contributed by atoms with Gasteiger partial charge in [0.2, 0.25) is 0 Å². The van der Waals surface area contributed by atoms with Gasteiger partial charge in [0.1, 0.15) is 11.5 Å². The van der Waals surface area contributed by atoms with Crippen LogP contribution in [0.3, 0.4) is 0 Å². The van der Waals surface area contributed by atoms with E-state index in [0.29, 0.717) is 0 Å². The summed E-state index contributed by atoms with van der Waals surface area (Å²) in [4.78, 5) is 7.60. The first-order valence-corrected chi connectivity index (χ1v) is 15.3. The van der Waals surface area contributed by atoms with Gasteiger partial charge in [-0.2, -0.15) is 0 Å². The molecule has 36 heavy (non-hydrogen) atoms. The Morgan fingerprint density at radius 1 is 0.778 bits per heavy atom. The number of methoxy groups -OCH3 is 2. The van der Waals surface area contributed by atoms with Crippen molar-refractivity contribution in [2.75, 3.05) is 20.0 Å². The van der Waals surface area contributed by atoms with Crippen LogP contribution in [0.25, 0.3) is 0 Å². The first kappa shape index (κ1) is 27.0. The van der Waals surface area contributed by atoms with Crippen molar-refractivity contribution in [3.63, 3.8) is 0 Å². The third kappa shape index (κ3) is 8.82. The standard InChI is InChI=1S/C30H35NO2S3/c1-32-25-13-17-27(18-14-25)35-30(36-28-19-15-26(33-2)16-20-28)21-29(31-24-11-7-4-8-12-24)34-22-23-9-5-3-6-10-23/h4,7-8,11-20,23,30H,3,5-6,9-10,21-22H2,1-2H3. The Morgan fingerprint density at radius 3 is 1.86 bits per heavy atom. The molecule has 4 rings (SSSR count). The Balaban J connectivity index is 1.54. The van der Waals surface area contributed by atoms with Gasteiger partial charge in [0.05, 0.1) is 29.5 Å². The Bertz CT molecular complexity index is 1020. The van der Waals surface area contributed by atoms with E-state index in [1.807, 2.05) is 59.6 Å². The van der Waals surface area contributed by atoms with Gasteiger partial charge in [-0.25, -0.2) is 4.99 Å². The molecule has 0 aliphatic heterocycles. The number of para-hydroxylation sites is 1. The minimum Gasteiger partial charge on any atom is -0.497 e. The van der Waals surface area contributed by atoms with Crippen molar-refractivity contribution in [2.24, 2.45) is 10.9 Å². The molecule has 190 valence electrons. The third-order valence-corrected chi connectivity index (χ3v) is 9.97. The fourth-order valence-corrected chi connectivity index (χ4v) is 8.18. The highest BCUT2D eigenvalue weighted by Gasteiger charge is 2.20. The van der Waals surface area contributed by atoms with Crippen molar-refractivity contribution in [1.29, 1.82) is 0 Å². The van der Waals surface area contributed by atoms with Gasteiger partial charge in [0.15, 0.2) is 0 Å². The van der Waals surface area contributed by atoms with Crippen LogP contribution in [0, 0.1) is 5.92 Å². The fraction of sp³-hybridized carbons (Fsp3) is 0.367. The maximum absolute atomic E-state index is 5.36. The molecular weight excluding hydrogens is 503 g/mol. The monoisotopic (exact) mass is 537 g/mol. The topological polar surface area (TPSA) is 30.8 Å². The van der Waals surface area contributed by atoms with Gasteiger partial charge in [0.25, 0.3) is 0 Å². The molecule has 0 radical (unpaired) electrons. The number of ether oxygens (including phenoxy) is 2. The van der Waals surface area contributed by atoms with Crippen molar-refractivity contribution < 1.29 is 9.47 Å². The predicted octanol–water partition coefficient (Wildman–Crippen LogP) is 9.35. The molecule has 1 aliphatic carbocycles. The summed E-state index contributed by atoms with van der Waals surface area (Å²) in [7, 11) is 3.42. The van der Waals surface area contributed by atoms with Crippen molar-refractivity contribution in [3.05, 3.63) is 78.9 Å². The van der Waals surface area contributed by atoms with Gasteiger partial charge in [-0.05, 0) is 79.4 Å². The predicted molar refractivity (Wildman–Crippen MR) is 159 cm³/mol. The zero-order valence-electron chi connectivity index (χ0n) is 21.1. The van der Waals surface area contributed by atoms with Gasteiger partial charge < -0.3 is 9.47 Å². The maximum Gasteiger partial charge on any atom is 0.118 e. The summed E-state index contributed by atoms with van der Waals surface area (Å²) in [5, 5.41) is 1.22. The van der Waals surface area contributed by atoms with Crippen LogP contribution in [0.5, 0.6) is 11.5 Å². The molecule has 0 heterocycles. The van der Waals surface area contributed by atoms with Crippen LogP contribution in [0.2, 0.25) is 0 Å². The summed E-state index contributed by atoms with van der Waals surface area (Å²) >= 11 is 5.76. The van der Waals surface area contributed by atoms with Crippen LogP contribution in [0.1, 0.15) is 38.5 Å². The summed E-state index contributed by atoms with van der Waals surface area (Å²) < 4.78 is 11.0. The Morgan fingerprint density at radius 2 is 1.33 bits per heavy atom. The van der Waals surface area contributed by atoms with E-state index in [9.17, 15) is 0 Å². The van der Waals surface area contributed by atoms with Gasteiger partial charge in [-0.1, -0.05) is 37.5 Å². The summed E-state index contributed by atoms with van der Waals surface area (Å²) in [5.41, 5.74) is 1.03. The van der Waals surface area contributed by atoms with Crippen LogP contribution < -0.4 is 9.47 Å². The molecular formula is C30H35NO2S3. The number of hydrogen-bond donors (Lipinski definition) is 0. The molecule has 0 spiro atoms. The number of benzene rings is 3. The van der Waals surface area contributed by atoms with Crippen LogP contribution in [0.4, 0.5) is 5.69 Å². The molecule has 0 saturated heterocycles. The molecule has 0 amide bonds. The molecule has 1 saturated carbocycles. The second kappa shape index (κ2) is 14.7. The minimum absolute atomic E-state index is 0.285. The van der Waals surface area contributed by atoms with E-state index in [1.54, 1.807) is 14.2 Å². The molecule has 1 aliphatic rings. The molecule has 0 aromatic heterocycles. The van der Waals surface area contributed by atoms with E-state index in [-0.39, 0.29) is 4.58 Å². The Kier molecular flexibility index (Phi) is 11.0. The van der Waals surface area contributed by atoms with Gasteiger partial charge in [-0.15, -0.1) is 35.3 Å². The highest BCUT2D eigenvalue weighted by molar-refractivity contribution is 8.17. The summed E-state index contributed by atoms with van der Waals surface area (Å²) in [5.74, 6) is 3.74. The lowest BCUT2D eigenvalue weighted by molar-refractivity contribution is 0.391. The lowest BCUT2D eigenvalue weighted by Crippen LogP contribution is -2.12. The van der Waals surface area contributed by atoms with Crippen molar-refractivity contribution in [1.82, 2.24) is 0 Å². The number of hydrogen-bond acceptors (Lipinski definition) is 6. The van der Waals surface area contributed by atoms with Crippen molar-refractivity contribution in [2.45, 2.75) is 52.9 Å². The second-order valence-corrected chi connectivity index (χ2v) is 12.8. The van der Waals surface area contributed by atoms with Crippen LogP contribution in [-0.2, 0) is 0 Å². The van der Waals surface area contributed by atoms with Gasteiger partial charge >= 0.3 is 0 Å². The molecule has 6 heteroatoms. The zero-order valence-corrected chi connectivity index (χ0v) is 23.5. The highest BCUT2D eigenvalue weighted by Crippen LogP contribution is 2.40. The smallest absolute Gasteiger partial charge is 0.118 e. The largest absolute Gasteiger partial charge is 0.497 e. The Labute approximate surface area is 228 Å². The van der Waals surface area contributed by atoms with Crippen LogP contribution in [-0.4, -0.2) is 29.6 Å². The van der Waals surface area contributed by atoms with Crippen molar-refractivity contribution >= 4 is 46.0 Å². The van der Waals surface area contributed by atoms with Gasteiger partial charge in [-0.3, -0.25) is 0 Å². The fourth-order valence-electron chi connectivity index (χ4n) is 4.21. The van der Waals surface area contributed by atoms with Crippen LogP contribution in [0.15, 0.2) is 93.6 Å². The SMILES string of the molecule is COc1ccc(SC(CC(=Nc2ccccc2)SCC2CCCCC2)Sc2ccc(OC)cc2)cc1. The van der Waals surface area contributed by atoms with E-state index in [4.69, 9.17) is 14.5 Å². The first-order valence-electron chi connectivity index (χ1n) is 12.6. The van der Waals surface area contributed by atoms with Crippen molar-refractivity contribution in [3.8, 4) is 11.5 Å². The van der Waals surface area contributed by atoms with Gasteiger partial charge in [0, 0.05) is 22.0 Å². The molecule has 1 fully saturated rings. The summed E-state index contributed by atoms with van der Waals surface area (Å²) in [6, 6.07) is 27.1. The van der Waals surface area contributed by atoms with Crippen LogP contribution >= 0.6 is 35.3 Å². The summed E-state index contributed by atoms with van der Waals surface area (Å²) in [6.07, 6.45) is 7.76. The number of aliphatic imine (C=N–C) groups is 1. The first-order chi connectivity index (χ1) is 17.7. The number of thioether (sulfide) groups is 3. The quantitative estimate of drug-likeness (QED) is 0.105. The lowest BCUT2D eigenvalue weighted by atomic mass is 9.91. The Hall–Kier alpha value is -2.02.